The maximum Gasteiger partial charge on any atom is 0.241 e. The predicted molar refractivity (Wildman–Crippen MR) is 103 cm³/mol. The van der Waals surface area contributed by atoms with Crippen LogP contribution in [-0.4, -0.2) is 68.7 Å². The summed E-state index contributed by atoms with van der Waals surface area (Å²) < 4.78 is 5.37. The number of likely N-dealkylation sites (N-methyl/N-ethyl adjacent to an activating group) is 2. The lowest BCUT2D eigenvalue weighted by Gasteiger charge is -2.29. The molecule has 0 aliphatic carbocycles. The van der Waals surface area contributed by atoms with Crippen LogP contribution in [0.1, 0.15) is 20.8 Å². The standard InChI is InChI=1S/C19H30N4O3/c1-4-20-18(24)14-22(5-2)15(3)19(25)21-16-6-8-17(9-7-16)23-10-12-26-13-11-23/h6-9,15H,4-5,10-14H2,1-3H3,(H,20,24)(H,21,25)/t15-/m1/s1. The molecule has 1 aromatic carbocycles. The number of amides is 2. The van der Waals surface area contributed by atoms with Crippen molar-refractivity contribution in [2.45, 2.75) is 26.8 Å². The van der Waals surface area contributed by atoms with Crippen LogP contribution in [0.4, 0.5) is 11.4 Å². The molecule has 0 aromatic heterocycles. The fraction of sp³-hybridized carbons (Fsp3) is 0.579. The summed E-state index contributed by atoms with van der Waals surface area (Å²) in [5, 5.41) is 5.70. The monoisotopic (exact) mass is 362 g/mol. The first-order valence-electron chi connectivity index (χ1n) is 9.29. The highest BCUT2D eigenvalue weighted by atomic mass is 16.5. The summed E-state index contributed by atoms with van der Waals surface area (Å²) in [7, 11) is 0. The molecule has 7 heteroatoms. The predicted octanol–water partition coefficient (Wildman–Crippen LogP) is 1.31. The van der Waals surface area contributed by atoms with Crippen LogP contribution in [0, 0.1) is 0 Å². The Morgan fingerprint density at radius 3 is 2.42 bits per heavy atom. The van der Waals surface area contributed by atoms with Gasteiger partial charge in [0.2, 0.25) is 11.8 Å². The molecule has 0 unspecified atom stereocenters. The Bertz CT molecular complexity index is 585. The largest absolute Gasteiger partial charge is 0.378 e. The first kappa shape index (κ1) is 20.2. The van der Waals surface area contributed by atoms with Gasteiger partial charge in [-0.2, -0.15) is 0 Å². The molecule has 1 fully saturated rings. The molecule has 0 spiro atoms. The van der Waals surface area contributed by atoms with E-state index in [1.54, 1.807) is 0 Å². The van der Waals surface area contributed by atoms with E-state index in [0.717, 1.165) is 37.7 Å². The number of anilines is 2. The Morgan fingerprint density at radius 2 is 1.85 bits per heavy atom. The van der Waals surface area contributed by atoms with Gasteiger partial charge in [0.25, 0.3) is 0 Å². The third-order valence-electron chi connectivity index (χ3n) is 4.57. The Kier molecular flexibility index (Phi) is 7.87. The minimum absolute atomic E-state index is 0.0659. The molecule has 1 aliphatic heterocycles. The molecule has 2 rings (SSSR count). The Labute approximate surface area is 155 Å². The zero-order valence-electron chi connectivity index (χ0n) is 16.0. The molecule has 1 aromatic rings. The third-order valence-corrected chi connectivity index (χ3v) is 4.57. The van der Waals surface area contributed by atoms with Crippen LogP contribution in [0.3, 0.4) is 0 Å². The van der Waals surface area contributed by atoms with E-state index in [1.165, 1.54) is 0 Å². The molecule has 26 heavy (non-hydrogen) atoms. The number of hydrogen-bond acceptors (Lipinski definition) is 5. The summed E-state index contributed by atoms with van der Waals surface area (Å²) >= 11 is 0. The van der Waals surface area contributed by atoms with Crippen LogP contribution in [0.25, 0.3) is 0 Å². The van der Waals surface area contributed by atoms with Crippen molar-refractivity contribution >= 4 is 23.2 Å². The number of carbonyl (C=O) groups is 2. The van der Waals surface area contributed by atoms with Crippen LogP contribution in [0.15, 0.2) is 24.3 Å². The second-order valence-electron chi connectivity index (χ2n) is 6.33. The van der Waals surface area contributed by atoms with Gasteiger partial charge < -0.3 is 20.3 Å². The van der Waals surface area contributed by atoms with Crippen LogP contribution < -0.4 is 15.5 Å². The van der Waals surface area contributed by atoms with Gasteiger partial charge in [-0.05, 0) is 44.7 Å². The number of benzene rings is 1. The zero-order chi connectivity index (χ0) is 18.9. The molecule has 1 saturated heterocycles. The number of carbonyl (C=O) groups excluding carboxylic acids is 2. The van der Waals surface area contributed by atoms with E-state index in [4.69, 9.17) is 4.74 Å². The quantitative estimate of drug-likeness (QED) is 0.729. The minimum atomic E-state index is -0.387. The van der Waals surface area contributed by atoms with E-state index in [-0.39, 0.29) is 24.4 Å². The van der Waals surface area contributed by atoms with E-state index >= 15 is 0 Å². The molecular formula is C19H30N4O3. The lowest BCUT2D eigenvalue weighted by Crippen LogP contribution is -2.46. The summed E-state index contributed by atoms with van der Waals surface area (Å²) in [4.78, 5) is 28.4. The number of nitrogens with zero attached hydrogens (tertiary/aromatic N) is 2. The van der Waals surface area contributed by atoms with Gasteiger partial charge in [0, 0.05) is 31.0 Å². The number of rotatable bonds is 8. The fourth-order valence-electron chi connectivity index (χ4n) is 2.95. The van der Waals surface area contributed by atoms with E-state index in [2.05, 4.69) is 15.5 Å². The highest BCUT2D eigenvalue weighted by Gasteiger charge is 2.22. The van der Waals surface area contributed by atoms with Crippen molar-refractivity contribution in [1.29, 1.82) is 0 Å². The second-order valence-corrected chi connectivity index (χ2v) is 6.33. The van der Waals surface area contributed by atoms with Crippen LogP contribution in [-0.2, 0) is 14.3 Å². The SMILES string of the molecule is CCNC(=O)CN(CC)[C@H](C)C(=O)Nc1ccc(N2CCOCC2)cc1. The summed E-state index contributed by atoms with van der Waals surface area (Å²) in [6, 6.07) is 7.46. The molecule has 1 atom stereocenters. The third kappa shape index (κ3) is 5.71. The number of ether oxygens (including phenoxy) is 1. The van der Waals surface area contributed by atoms with Crippen molar-refractivity contribution in [3.8, 4) is 0 Å². The van der Waals surface area contributed by atoms with Crippen LogP contribution in [0.5, 0.6) is 0 Å². The number of nitrogens with one attached hydrogen (secondary N) is 2. The lowest BCUT2D eigenvalue weighted by molar-refractivity contribution is -0.125. The molecular weight excluding hydrogens is 332 g/mol. The average molecular weight is 362 g/mol. The minimum Gasteiger partial charge on any atom is -0.378 e. The molecule has 1 aliphatic rings. The summed E-state index contributed by atoms with van der Waals surface area (Å²) in [5.41, 5.74) is 1.89. The fourth-order valence-corrected chi connectivity index (χ4v) is 2.95. The Balaban J connectivity index is 1.91. The molecule has 0 saturated carbocycles. The highest BCUT2D eigenvalue weighted by molar-refractivity contribution is 5.95. The van der Waals surface area contributed by atoms with Gasteiger partial charge in [0.05, 0.1) is 25.8 Å². The molecule has 0 radical (unpaired) electrons. The summed E-state index contributed by atoms with van der Waals surface area (Å²) in [6.07, 6.45) is 0. The van der Waals surface area contributed by atoms with Crippen molar-refractivity contribution in [3.05, 3.63) is 24.3 Å². The smallest absolute Gasteiger partial charge is 0.241 e. The Morgan fingerprint density at radius 1 is 1.19 bits per heavy atom. The highest BCUT2D eigenvalue weighted by Crippen LogP contribution is 2.19. The zero-order valence-corrected chi connectivity index (χ0v) is 16.0. The van der Waals surface area contributed by atoms with E-state index in [1.807, 2.05) is 49.9 Å². The first-order valence-corrected chi connectivity index (χ1v) is 9.29. The van der Waals surface area contributed by atoms with Crippen molar-refractivity contribution < 1.29 is 14.3 Å². The lowest BCUT2D eigenvalue weighted by atomic mass is 10.2. The maximum atomic E-state index is 12.5. The van der Waals surface area contributed by atoms with Gasteiger partial charge in [-0.25, -0.2) is 0 Å². The van der Waals surface area contributed by atoms with Crippen molar-refractivity contribution in [1.82, 2.24) is 10.2 Å². The van der Waals surface area contributed by atoms with Gasteiger partial charge in [-0.3, -0.25) is 14.5 Å². The van der Waals surface area contributed by atoms with Crippen molar-refractivity contribution in [3.63, 3.8) is 0 Å². The van der Waals surface area contributed by atoms with Crippen LogP contribution >= 0.6 is 0 Å². The number of morpholine rings is 1. The van der Waals surface area contributed by atoms with Crippen molar-refractivity contribution in [2.75, 3.05) is 56.2 Å². The second kappa shape index (κ2) is 10.1. The maximum absolute atomic E-state index is 12.5. The molecule has 2 N–H and O–H groups in total. The summed E-state index contributed by atoms with van der Waals surface area (Å²) in [5.74, 6) is -0.181. The number of hydrogen-bond donors (Lipinski definition) is 2. The molecule has 144 valence electrons. The Hall–Kier alpha value is -2.12. The van der Waals surface area contributed by atoms with Gasteiger partial charge >= 0.3 is 0 Å². The topological polar surface area (TPSA) is 73.9 Å². The van der Waals surface area contributed by atoms with Gasteiger partial charge in [0.15, 0.2) is 0 Å². The van der Waals surface area contributed by atoms with E-state index in [9.17, 15) is 9.59 Å². The van der Waals surface area contributed by atoms with Crippen molar-refractivity contribution in [2.24, 2.45) is 0 Å². The van der Waals surface area contributed by atoms with Gasteiger partial charge in [0.1, 0.15) is 0 Å². The van der Waals surface area contributed by atoms with E-state index in [0.29, 0.717) is 13.1 Å². The molecule has 7 nitrogen and oxygen atoms in total. The molecule has 1 heterocycles. The van der Waals surface area contributed by atoms with E-state index < -0.39 is 0 Å². The van der Waals surface area contributed by atoms with Crippen LogP contribution in [0.2, 0.25) is 0 Å². The van der Waals surface area contributed by atoms with Gasteiger partial charge in [-0.15, -0.1) is 0 Å². The first-order chi connectivity index (χ1) is 12.5. The molecule has 0 bridgehead atoms. The average Bonchev–Trinajstić information content (AvgIpc) is 2.67. The summed E-state index contributed by atoms with van der Waals surface area (Å²) in [6.45, 7) is 10.3. The normalized spacial score (nSPS) is 15.6. The molecule has 2 amide bonds. The van der Waals surface area contributed by atoms with Gasteiger partial charge in [-0.1, -0.05) is 6.92 Å².